The van der Waals surface area contributed by atoms with Gasteiger partial charge in [0.1, 0.15) is 0 Å². The lowest BCUT2D eigenvalue weighted by atomic mass is 9.92. The van der Waals surface area contributed by atoms with Crippen LogP contribution in [-0.4, -0.2) is 39.5 Å². The third kappa shape index (κ3) is 6.07. The molecule has 0 bridgehead atoms. The SMILES string of the molecule is COCCNCC(CCC1CCCO1)c1ccc(Br)cc1. The highest BCUT2D eigenvalue weighted by molar-refractivity contribution is 9.10. The third-order valence-electron chi connectivity index (χ3n) is 4.08. The maximum absolute atomic E-state index is 5.75. The van der Waals surface area contributed by atoms with E-state index in [0.717, 1.165) is 37.2 Å². The molecule has 4 heteroatoms. The van der Waals surface area contributed by atoms with Crippen molar-refractivity contribution in [1.29, 1.82) is 0 Å². The molecule has 0 spiro atoms. The second-order valence-corrected chi connectivity index (χ2v) is 6.57. The standard InChI is InChI=1S/C17H26BrNO2/c1-20-12-10-19-13-15(6-9-17-3-2-11-21-17)14-4-7-16(18)8-5-14/h4-5,7-8,15,17,19H,2-3,6,9-13H2,1H3. The molecule has 2 rings (SSSR count). The van der Waals surface area contributed by atoms with Crippen LogP contribution in [0.25, 0.3) is 0 Å². The molecule has 1 aromatic rings. The third-order valence-corrected chi connectivity index (χ3v) is 4.60. The summed E-state index contributed by atoms with van der Waals surface area (Å²) in [5, 5.41) is 3.50. The number of hydrogen-bond acceptors (Lipinski definition) is 3. The normalized spacial score (nSPS) is 19.8. The van der Waals surface area contributed by atoms with Crippen molar-refractivity contribution in [2.45, 2.75) is 37.7 Å². The van der Waals surface area contributed by atoms with Gasteiger partial charge in [0.25, 0.3) is 0 Å². The first-order valence-corrected chi connectivity index (χ1v) is 8.65. The number of ether oxygens (including phenoxy) is 2. The lowest BCUT2D eigenvalue weighted by molar-refractivity contribution is 0.100. The number of nitrogens with one attached hydrogen (secondary N) is 1. The molecular weight excluding hydrogens is 330 g/mol. The summed E-state index contributed by atoms with van der Waals surface area (Å²) in [7, 11) is 1.74. The highest BCUT2D eigenvalue weighted by Crippen LogP contribution is 2.26. The predicted molar refractivity (Wildman–Crippen MR) is 89.8 cm³/mol. The first-order valence-electron chi connectivity index (χ1n) is 7.86. The minimum atomic E-state index is 0.474. The molecule has 0 aliphatic carbocycles. The maximum Gasteiger partial charge on any atom is 0.0587 e. The van der Waals surface area contributed by atoms with Crippen molar-refractivity contribution >= 4 is 15.9 Å². The minimum Gasteiger partial charge on any atom is -0.383 e. The van der Waals surface area contributed by atoms with Crippen molar-refractivity contribution in [3.05, 3.63) is 34.3 Å². The van der Waals surface area contributed by atoms with Gasteiger partial charge in [0, 0.05) is 31.3 Å². The molecule has 2 unspecified atom stereocenters. The van der Waals surface area contributed by atoms with E-state index < -0.39 is 0 Å². The van der Waals surface area contributed by atoms with Crippen LogP contribution in [-0.2, 0) is 9.47 Å². The number of halogens is 1. The Morgan fingerprint density at radius 3 is 2.86 bits per heavy atom. The smallest absolute Gasteiger partial charge is 0.0587 e. The lowest BCUT2D eigenvalue weighted by Crippen LogP contribution is -2.25. The Hall–Kier alpha value is -0.420. The average molecular weight is 356 g/mol. The number of methoxy groups -OCH3 is 1. The number of benzene rings is 1. The maximum atomic E-state index is 5.75. The van der Waals surface area contributed by atoms with E-state index in [4.69, 9.17) is 9.47 Å². The second kappa shape index (κ2) is 9.57. The first-order chi connectivity index (χ1) is 10.3. The quantitative estimate of drug-likeness (QED) is 0.684. The molecule has 1 saturated heterocycles. The van der Waals surface area contributed by atoms with Gasteiger partial charge in [-0.05, 0) is 49.3 Å². The molecule has 1 aliphatic heterocycles. The fraction of sp³-hybridized carbons (Fsp3) is 0.647. The van der Waals surface area contributed by atoms with Gasteiger partial charge in [0.2, 0.25) is 0 Å². The van der Waals surface area contributed by atoms with Gasteiger partial charge >= 0.3 is 0 Å². The zero-order valence-corrected chi connectivity index (χ0v) is 14.4. The van der Waals surface area contributed by atoms with Crippen LogP contribution in [0.5, 0.6) is 0 Å². The van der Waals surface area contributed by atoms with Crippen LogP contribution in [0.2, 0.25) is 0 Å². The van der Waals surface area contributed by atoms with E-state index >= 15 is 0 Å². The summed E-state index contributed by atoms with van der Waals surface area (Å²) in [6.07, 6.45) is 5.25. The second-order valence-electron chi connectivity index (χ2n) is 5.66. The van der Waals surface area contributed by atoms with Crippen LogP contribution in [0.1, 0.15) is 37.2 Å². The Morgan fingerprint density at radius 1 is 1.38 bits per heavy atom. The highest BCUT2D eigenvalue weighted by Gasteiger charge is 2.18. The molecule has 1 N–H and O–H groups in total. The molecule has 3 nitrogen and oxygen atoms in total. The molecule has 21 heavy (non-hydrogen) atoms. The van der Waals surface area contributed by atoms with Crippen LogP contribution in [0.3, 0.4) is 0 Å². The van der Waals surface area contributed by atoms with Gasteiger partial charge in [-0.3, -0.25) is 0 Å². The molecule has 0 saturated carbocycles. The van der Waals surface area contributed by atoms with Crippen molar-refractivity contribution in [2.24, 2.45) is 0 Å². The van der Waals surface area contributed by atoms with Crippen molar-refractivity contribution in [1.82, 2.24) is 5.32 Å². The van der Waals surface area contributed by atoms with E-state index in [2.05, 4.69) is 45.5 Å². The van der Waals surface area contributed by atoms with Crippen LogP contribution in [0, 0.1) is 0 Å². The van der Waals surface area contributed by atoms with Crippen molar-refractivity contribution in [3.8, 4) is 0 Å². The minimum absolute atomic E-state index is 0.474. The highest BCUT2D eigenvalue weighted by atomic mass is 79.9. The summed E-state index contributed by atoms with van der Waals surface area (Å²) >= 11 is 3.51. The van der Waals surface area contributed by atoms with E-state index in [-0.39, 0.29) is 0 Å². The number of hydrogen-bond donors (Lipinski definition) is 1. The Morgan fingerprint density at radius 2 is 2.19 bits per heavy atom. The van der Waals surface area contributed by atoms with E-state index in [9.17, 15) is 0 Å². The predicted octanol–water partition coefficient (Wildman–Crippen LogP) is 3.73. The van der Waals surface area contributed by atoms with Gasteiger partial charge in [0.05, 0.1) is 12.7 Å². The number of rotatable bonds is 9. The zero-order chi connectivity index (χ0) is 14.9. The molecule has 1 aliphatic rings. The van der Waals surface area contributed by atoms with Gasteiger partial charge in [-0.15, -0.1) is 0 Å². The Bertz CT molecular complexity index is 390. The van der Waals surface area contributed by atoms with E-state index in [1.54, 1.807) is 7.11 Å². The summed E-state index contributed by atoms with van der Waals surface area (Å²) in [5.74, 6) is 0.541. The van der Waals surface area contributed by atoms with Gasteiger partial charge < -0.3 is 14.8 Å². The van der Waals surface area contributed by atoms with E-state index in [0.29, 0.717) is 12.0 Å². The summed E-state index contributed by atoms with van der Waals surface area (Å²) in [6, 6.07) is 8.71. The first kappa shape index (κ1) is 16.9. The van der Waals surface area contributed by atoms with Crippen molar-refractivity contribution < 1.29 is 9.47 Å². The molecule has 0 aromatic heterocycles. The summed E-state index contributed by atoms with van der Waals surface area (Å²) in [6.45, 7) is 3.61. The van der Waals surface area contributed by atoms with E-state index in [1.165, 1.54) is 24.8 Å². The molecular formula is C17H26BrNO2. The van der Waals surface area contributed by atoms with Crippen molar-refractivity contribution in [2.75, 3.05) is 33.4 Å². The Kier molecular flexibility index (Phi) is 7.72. The fourth-order valence-corrected chi connectivity index (χ4v) is 3.10. The largest absolute Gasteiger partial charge is 0.383 e. The van der Waals surface area contributed by atoms with E-state index in [1.807, 2.05) is 0 Å². The summed E-state index contributed by atoms with van der Waals surface area (Å²) in [4.78, 5) is 0. The van der Waals surface area contributed by atoms with Gasteiger partial charge in [-0.2, -0.15) is 0 Å². The molecule has 2 atom stereocenters. The zero-order valence-electron chi connectivity index (χ0n) is 12.8. The van der Waals surface area contributed by atoms with Gasteiger partial charge in [-0.1, -0.05) is 28.1 Å². The Labute approximate surface area is 136 Å². The molecule has 1 heterocycles. The molecule has 1 fully saturated rings. The summed E-state index contributed by atoms with van der Waals surface area (Å²) in [5.41, 5.74) is 1.40. The van der Waals surface area contributed by atoms with Crippen LogP contribution in [0.15, 0.2) is 28.7 Å². The van der Waals surface area contributed by atoms with Crippen LogP contribution >= 0.6 is 15.9 Å². The van der Waals surface area contributed by atoms with Gasteiger partial charge in [0.15, 0.2) is 0 Å². The molecule has 118 valence electrons. The van der Waals surface area contributed by atoms with Crippen molar-refractivity contribution in [3.63, 3.8) is 0 Å². The van der Waals surface area contributed by atoms with Gasteiger partial charge in [-0.25, -0.2) is 0 Å². The average Bonchev–Trinajstić information content (AvgIpc) is 3.01. The summed E-state index contributed by atoms with van der Waals surface area (Å²) < 4.78 is 12.0. The lowest BCUT2D eigenvalue weighted by Gasteiger charge is -2.20. The molecule has 0 radical (unpaired) electrons. The monoisotopic (exact) mass is 355 g/mol. The van der Waals surface area contributed by atoms with Crippen LogP contribution < -0.4 is 5.32 Å². The van der Waals surface area contributed by atoms with Crippen LogP contribution in [0.4, 0.5) is 0 Å². The molecule has 1 aromatic carbocycles. The topological polar surface area (TPSA) is 30.5 Å². The fourth-order valence-electron chi connectivity index (χ4n) is 2.83. The molecule has 0 amide bonds. The Balaban J connectivity index is 1.87.